The van der Waals surface area contributed by atoms with Gasteiger partial charge in [0, 0.05) is 19.3 Å². The number of aromatic nitrogens is 3. The van der Waals surface area contributed by atoms with Crippen molar-refractivity contribution in [3.8, 4) is 0 Å². The Hall–Kier alpha value is -1.62. The van der Waals surface area contributed by atoms with Crippen molar-refractivity contribution >= 4 is 11.6 Å². The van der Waals surface area contributed by atoms with Crippen LogP contribution in [0.25, 0.3) is 5.65 Å². The fourth-order valence-electron chi connectivity index (χ4n) is 1.49. The van der Waals surface area contributed by atoms with Gasteiger partial charge in [0.25, 0.3) is 0 Å². The zero-order chi connectivity index (χ0) is 11.4. The minimum atomic E-state index is 0.224. The number of nitrogens with one attached hydrogen (secondary N) is 1. The predicted octanol–water partition coefficient (Wildman–Crippen LogP) is 1.16. The second-order valence-electron chi connectivity index (χ2n) is 3.94. The molecule has 0 bridgehead atoms. The van der Waals surface area contributed by atoms with Crippen LogP contribution < -0.4 is 5.32 Å². The van der Waals surface area contributed by atoms with Crippen LogP contribution in [-0.4, -0.2) is 32.9 Å². The lowest BCUT2D eigenvalue weighted by molar-refractivity contribution is 0.265. The summed E-state index contributed by atoms with van der Waals surface area (Å²) >= 11 is 0. The van der Waals surface area contributed by atoms with Crippen LogP contribution in [0.5, 0.6) is 0 Å². The van der Waals surface area contributed by atoms with E-state index in [2.05, 4.69) is 22.3 Å². The van der Waals surface area contributed by atoms with E-state index in [0.717, 1.165) is 18.6 Å². The van der Waals surface area contributed by atoms with Gasteiger partial charge in [-0.3, -0.25) is 0 Å². The summed E-state index contributed by atoms with van der Waals surface area (Å²) in [6.07, 6.45) is 2.66. The molecule has 0 spiro atoms. The molecule has 5 nitrogen and oxygen atoms in total. The first-order valence-corrected chi connectivity index (χ1v) is 5.45. The molecule has 16 heavy (non-hydrogen) atoms. The van der Waals surface area contributed by atoms with Gasteiger partial charge in [-0.15, -0.1) is 5.10 Å². The van der Waals surface area contributed by atoms with Gasteiger partial charge in [-0.1, -0.05) is 13.0 Å². The third-order valence-electron chi connectivity index (χ3n) is 2.47. The molecule has 0 aromatic carbocycles. The van der Waals surface area contributed by atoms with Gasteiger partial charge in [0.05, 0.1) is 0 Å². The smallest absolute Gasteiger partial charge is 0.243 e. The third-order valence-corrected chi connectivity index (χ3v) is 2.47. The van der Waals surface area contributed by atoms with Crippen LogP contribution in [0.3, 0.4) is 0 Å². The summed E-state index contributed by atoms with van der Waals surface area (Å²) in [4.78, 5) is 4.32. The van der Waals surface area contributed by atoms with Gasteiger partial charge in [-0.05, 0) is 24.5 Å². The summed E-state index contributed by atoms with van der Waals surface area (Å²) in [6.45, 7) is 3.08. The topological polar surface area (TPSA) is 62.5 Å². The van der Waals surface area contributed by atoms with E-state index in [1.54, 1.807) is 4.52 Å². The molecule has 5 heteroatoms. The standard InChI is InChI=1S/C11H16N4O/c1-9(5-7-16)8-12-11-13-10-4-2-3-6-15(10)14-11/h2-4,6,9,16H,5,7-8H2,1H3,(H,12,14). The SMILES string of the molecule is CC(CCO)CNc1nc2ccccn2n1. The van der Waals surface area contributed by atoms with Crippen LogP contribution in [0.2, 0.25) is 0 Å². The van der Waals surface area contributed by atoms with Crippen molar-refractivity contribution in [2.75, 3.05) is 18.5 Å². The Morgan fingerprint density at radius 2 is 2.38 bits per heavy atom. The van der Waals surface area contributed by atoms with Crippen LogP contribution in [-0.2, 0) is 0 Å². The van der Waals surface area contributed by atoms with Crippen molar-refractivity contribution in [1.29, 1.82) is 0 Å². The van der Waals surface area contributed by atoms with E-state index in [1.807, 2.05) is 24.4 Å². The van der Waals surface area contributed by atoms with Gasteiger partial charge in [0.2, 0.25) is 5.95 Å². The first-order chi connectivity index (χ1) is 7.79. The van der Waals surface area contributed by atoms with E-state index >= 15 is 0 Å². The molecule has 2 rings (SSSR count). The zero-order valence-electron chi connectivity index (χ0n) is 9.30. The molecule has 2 aromatic heterocycles. The van der Waals surface area contributed by atoms with E-state index in [-0.39, 0.29) is 6.61 Å². The summed E-state index contributed by atoms with van der Waals surface area (Å²) in [5.41, 5.74) is 0.833. The molecular formula is C11H16N4O. The summed E-state index contributed by atoms with van der Waals surface area (Å²) in [7, 11) is 0. The van der Waals surface area contributed by atoms with Crippen LogP contribution >= 0.6 is 0 Å². The molecule has 1 atom stereocenters. The molecule has 2 aromatic rings. The van der Waals surface area contributed by atoms with E-state index in [4.69, 9.17) is 5.11 Å². The highest BCUT2D eigenvalue weighted by Gasteiger charge is 2.04. The summed E-state index contributed by atoms with van der Waals surface area (Å²) in [5, 5.41) is 16.2. The maximum Gasteiger partial charge on any atom is 0.243 e. The molecule has 0 radical (unpaired) electrons. The van der Waals surface area contributed by atoms with Gasteiger partial charge in [-0.2, -0.15) is 4.98 Å². The molecule has 0 aliphatic carbocycles. The molecule has 2 heterocycles. The lowest BCUT2D eigenvalue weighted by Crippen LogP contribution is -2.13. The number of anilines is 1. The number of nitrogens with zero attached hydrogens (tertiary/aromatic N) is 3. The molecule has 86 valence electrons. The average molecular weight is 220 g/mol. The number of hydrogen-bond acceptors (Lipinski definition) is 4. The average Bonchev–Trinajstić information content (AvgIpc) is 2.69. The van der Waals surface area contributed by atoms with Gasteiger partial charge < -0.3 is 10.4 Å². The number of rotatable bonds is 5. The molecule has 0 saturated heterocycles. The zero-order valence-corrected chi connectivity index (χ0v) is 9.30. The summed E-state index contributed by atoms with van der Waals surface area (Å²) in [6, 6.07) is 5.76. The highest BCUT2D eigenvalue weighted by molar-refractivity contribution is 5.42. The number of aliphatic hydroxyl groups is 1. The lowest BCUT2D eigenvalue weighted by Gasteiger charge is -2.08. The summed E-state index contributed by atoms with van der Waals surface area (Å²) in [5.74, 6) is 1.05. The van der Waals surface area contributed by atoms with Gasteiger partial charge >= 0.3 is 0 Å². The quantitative estimate of drug-likeness (QED) is 0.793. The normalized spacial score (nSPS) is 12.9. The Kier molecular flexibility index (Phi) is 3.36. The third kappa shape index (κ3) is 2.49. The Balaban J connectivity index is 1.99. The highest BCUT2D eigenvalue weighted by atomic mass is 16.3. The number of hydrogen-bond donors (Lipinski definition) is 2. The molecule has 0 aliphatic heterocycles. The molecule has 0 fully saturated rings. The van der Waals surface area contributed by atoms with Crippen molar-refractivity contribution in [2.45, 2.75) is 13.3 Å². The minimum absolute atomic E-state index is 0.224. The second-order valence-corrected chi connectivity index (χ2v) is 3.94. The van der Waals surface area contributed by atoms with Gasteiger partial charge in [0.15, 0.2) is 5.65 Å². The van der Waals surface area contributed by atoms with Crippen LogP contribution in [0.15, 0.2) is 24.4 Å². The minimum Gasteiger partial charge on any atom is -0.396 e. The Bertz CT molecular complexity index is 421. The van der Waals surface area contributed by atoms with Crippen molar-refractivity contribution in [1.82, 2.24) is 14.6 Å². The molecule has 0 aliphatic rings. The highest BCUT2D eigenvalue weighted by Crippen LogP contribution is 2.06. The van der Waals surface area contributed by atoms with E-state index in [9.17, 15) is 0 Å². The van der Waals surface area contributed by atoms with Crippen molar-refractivity contribution in [2.24, 2.45) is 5.92 Å². The monoisotopic (exact) mass is 220 g/mol. The maximum absolute atomic E-state index is 8.79. The van der Waals surface area contributed by atoms with Crippen LogP contribution in [0, 0.1) is 5.92 Å². The Morgan fingerprint density at radius 3 is 3.12 bits per heavy atom. The van der Waals surface area contributed by atoms with E-state index < -0.39 is 0 Å². The molecule has 2 N–H and O–H groups in total. The molecule has 0 saturated carbocycles. The molecular weight excluding hydrogens is 204 g/mol. The first kappa shape index (κ1) is 10.9. The van der Waals surface area contributed by atoms with Crippen molar-refractivity contribution in [3.63, 3.8) is 0 Å². The maximum atomic E-state index is 8.79. The van der Waals surface area contributed by atoms with Crippen LogP contribution in [0.4, 0.5) is 5.95 Å². The first-order valence-electron chi connectivity index (χ1n) is 5.45. The van der Waals surface area contributed by atoms with E-state index in [1.165, 1.54) is 0 Å². The fraction of sp³-hybridized carbons (Fsp3) is 0.455. The largest absolute Gasteiger partial charge is 0.396 e. The van der Waals surface area contributed by atoms with E-state index in [0.29, 0.717) is 11.9 Å². The number of aliphatic hydroxyl groups excluding tert-OH is 1. The molecule has 1 unspecified atom stereocenters. The van der Waals surface area contributed by atoms with Gasteiger partial charge in [0.1, 0.15) is 0 Å². The second kappa shape index (κ2) is 4.94. The predicted molar refractivity (Wildman–Crippen MR) is 62.3 cm³/mol. The van der Waals surface area contributed by atoms with Gasteiger partial charge in [-0.25, -0.2) is 4.52 Å². The van der Waals surface area contributed by atoms with Crippen molar-refractivity contribution in [3.05, 3.63) is 24.4 Å². The molecule has 0 amide bonds. The number of pyridine rings is 1. The summed E-state index contributed by atoms with van der Waals surface area (Å²) < 4.78 is 1.74. The fourth-order valence-corrected chi connectivity index (χ4v) is 1.49. The number of fused-ring (bicyclic) bond motifs is 1. The van der Waals surface area contributed by atoms with Crippen LogP contribution in [0.1, 0.15) is 13.3 Å². The Morgan fingerprint density at radius 1 is 1.50 bits per heavy atom. The van der Waals surface area contributed by atoms with Crippen molar-refractivity contribution < 1.29 is 5.11 Å². The lowest BCUT2D eigenvalue weighted by atomic mass is 10.1. The Labute approximate surface area is 94.1 Å².